The maximum atomic E-state index is 12.6. The van der Waals surface area contributed by atoms with Gasteiger partial charge in [-0.3, -0.25) is 14.3 Å². The van der Waals surface area contributed by atoms with Crippen LogP contribution in [0.15, 0.2) is 38.3 Å². The van der Waals surface area contributed by atoms with Gasteiger partial charge in [-0.15, -0.1) is 0 Å². The van der Waals surface area contributed by atoms with E-state index in [0.29, 0.717) is 23.6 Å². The number of rotatable bonds is 3. The van der Waals surface area contributed by atoms with Crippen molar-refractivity contribution in [1.29, 1.82) is 0 Å². The molecule has 1 saturated carbocycles. The fourth-order valence-corrected chi connectivity index (χ4v) is 2.91. The van der Waals surface area contributed by atoms with Gasteiger partial charge in [0, 0.05) is 16.6 Å². The van der Waals surface area contributed by atoms with Crippen LogP contribution in [0.4, 0.5) is 0 Å². The first-order valence-corrected chi connectivity index (χ1v) is 7.52. The topological polar surface area (TPSA) is 54.9 Å². The van der Waals surface area contributed by atoms with Gasteiger partial charge in [-0.2, -0.15) is 0 Å². The Labute approximate surface area is 128 Å². The molecule has 0 amide bonds. The number of hydrogen-bond donors (Lipinski definition) is 1. The zero-order valence-corrected chi connectivity index (χ0v) is 12.9. The number of benzene rings is 1. The van der Waals surface area contributed by atoms with Gasteiger partial charge in [-0.25, -0.2) is 4.79 Å². The third kappa shape index (κ3) is 2.47. The molecule has 0 atom stereocenters. The predicted octanol–water partition coefficient (Wildman–Crippen LogP) is 3.03. The van der Waals surface area contributed by atoms with E-state index >= 15 is 0 Å². The smallest absolute Gasteiger partial charge is 0.297 e. The molecule has 1 aromatic carbocycles. The number of hydrogen-bond acceptors (Lipinski definition) is 2. The van der Waals surface area contributed by atoms with Gasteiger partial charge in [-0.05, 0) is 24.8 Å². The minimum atomic E-state index is -0.442. The van der Waals surface area contributed by atoms with E-state index in [1.807, 2.05) is 18.2 Å². The van der Waals surface area contributed by atoms with Gasteiger partial charge in [0.05, 0.1) is 5.56 Å². The second-order valence-electron chi connectivity index (χ2n) is 4.96. The summed E-state index contributed by atoms with van der Waals surface area (Å²) in [6.45, 7) is 0.461. The number of nitrogens with zero attached hydrogens (tertiary/aromatic N) is 1. The summed E-state index contributed by atoms with van der Waals surface area (Å²) in [6, 6.07) is 7.32. The van der Waals surface area contributed by atoms with E-state index in [0.717, 1.165) is 17.3 Å². The summed E-state index contributed by atoms with van der Waals surface area (Å²) in [4.78, 5) is 27.0. The van der Waals surface area contributed by atoms with Gasteiger partial charge in [0.25, 0.3) is 5.56 Å². The van der Waals surface area contributed by atoms with E-state index in [1.54, 1.807) is 6.07 Å². The Balaban J connectivity index is 2.22. The highest BCUT2D eigenvalue weighted by atomic mass is 79.9. The lowest BCUT2D eigenvalue weighted by atomic mass is 10.1. The molecule has 0 radical (unpaired) electrons. The van der Waals surface area contributed by atoms with Gasteiger partial charge in [0.15, 0.2) is 0 Å². The van der Waals surface area contributed by atoms with Crippen LogP contribution in [0.25, 0.3) is 11.1 Å². The van der Waals surface area contributed by atoms with Crippen molar-refractivity contribution in [1.82, 2.24) is 9.55 Å². The molecule has 1 aliphatic carbocycles. The van der Waals surface area contributed by atoms with Crippen LogP contribution in [0.2, 0.25) is 5.15 Å². The van der Waals surface area contributed by atoms with Crippen molar-refractivity contribution in [2.24, 2.45) is 5.92 Å². The highest BCUT2D eigenvalue weighted by Gasteiger charge is 2.25. The molecule has 1 fully saturated rings. The molecule has 1 N–H and O–H groups in total. The van der Waals surface area contributed by atoms with Crippen LogP contribution in [0.3, 0.4) is 0 Å². The van der Waals surface area contributed by atoms with Crippen LogP contribution in [0.5, 0.6) is 0 Å². The summed E-state index contributed by atoms with van der Waals surface area (Å²) >= 11 is 9.48. The molecule has 1 heterocycles. The van der Waals surface area contributed by atoms with Crippen LogP contribution in [-0.4, -0.2) is 9.55 Å². The Morgan fingerprint density at radius 3 is 2.65 bits per heavy atom. The third-order valence-electron chi connectivity index (χ3n) is 3.42. The van der Waals surface area contributed by atoms with Crippen LogP contribution in [0, 0.1) is 5.92 Å². The van der Waals surface area contributed by atoms with Gasteiger partial charge in [0.1, 0.15) is 5.15 Å². The van der Waals surface area contributed by atoms with E-state index in [9.17, 15) is 9.59 Å². The highest BCUT2D eigenvalue weighted by molar-refractivity contribution is 9.10. The summed E-state index contributed by atoms with van der Waals surface area (Å²) in [5.41, 5.74) is 0.239. The maximum absolute atomic E-state index is 12.6. The molecule has 104 valence electrons. The summed E-state index contributed by atoms with van der Waals surface area (Å²) in [7, 11) is 0. The normalized spacial score (nSPS) is 14.5. The second kappa shape index (κ2) is 5.22. The van der Waals surface area contributed by atoms with Crippen LogP contribution < -0.4 is 11.2 Å². The number of nitrogens with one attached hydrogen (secondary N) is 1. The van der Waals surface area contributed by atoms with Gasteiger partial charge in [-0.1, -0.05) is 45.7 Å². The molecule has 0 bridgehead atoms. The lowest BCUT2D eigenvalue weighted by Gasteiger charge is -2.10. The Kier molecular flexibility index (Phi) is 3.56. The average Bonchev–Trinajstić information content (AvgIpc) is 3.20. The summed E-state index contributed by atoms with van der Waals surface area (Å²) < 4.78 is 2.02. The molecule has 3 rings (SSSR count). The number of halogens is 2. The first-order chi connectivity index (χ1) is 9.58. The second-order valence-corrected chi connectivity index (χ2v) is 6.19. The molecule has 2 aromatic rings. The van der Waals surface area contributed by atoms with Gasteiger partial charge >= 0.3 is 5.69 Å². The number of aromatic amines is 1. The molecule has 1 aromatic heterocycles. The highest BCUT2D eigenvalue weighted by Crippen LogP contribution is 2.31. The molecule has 0 spiro atoms. The minimum Gasteiger partial charge on any atom is -0.297 e. The third-order valence-corrected chi connectivity index (χ3v) is 4.40. The first-order valence-electron chi connectivity index (χ1n) is 6.35. The molecule has 6 heteroatoms. The van der Waals surface area contributed by atoms with E-state index in [4.69, 9.17) is 11.6 Å². The summed E-state index contributed by atoms with van der Waals surface area (Å²) in [5.74, 6) is 0.432. The first kappa shape index (κ1) is 13.6. The van der Waals surface area contributed by atoms with Crippen molar-refractivity contribution in [3.05, 3.63) is 54.7 Å². The fraction of sp³-hybridized carbons (Fsp3) is 0.286. The average molecular weight is 356 g/mol. The summed E-state index contributed by atoms with van der Waals surface area (Å²) in [6.07, 6.45) is 2.14. The molecule has 1 aliphatic rings. The molecule has 0 unspecified atom stereocenters. The maximum Gasteiger partial charge on any atom is 0.329 e. The molecule has 20 heavy (non-hydrogen) atoms. The fourth-order valence-electron chi connectivity index (χ4n) is 2.17. The Morgan fingerprint density at radius 2 is 2.00 bits per heavy atom. The largest absolute Gasteiger partial charge is 0.329 e. The lowest BCUT2D eigenvalue weighted by molar-refractivity contribution is 0.576. The van der Waals surface area contributed by atoms with E-state index < -0.39 is 5.69 Å². The van der Waals surface area contributed by atoms with Crippen molar-refractivity contribution >= 4 is 27.5 Å². The van der Waals surface area contributed by atoms with Crippen molar-refractivity contribution in [3.8, 4) is 11.1 Å². The van der Waals surface area contributed by atoms with Gasteiger partial charge < -0.3 is 0 Å². The van der Waals surface area contributed by atoms with Crippen LogP contribution >= 0.6 is 27.5 Å². The molecule has 0 saturated heterocycles. The number of H-pyrrole nitrogens is 1. The van der Waals surface area contributed by atoms with Crippen molar-refractivity contribution in [3.63, 3.8) is 0 Å². The standard InChI is InChI=1S/C14H12BrClN2O2/c15-10-4-2-1-3-9(10)11-12(16)17-14(20)18(13(11)19)7-8-5-6-8/h1-4,8H,5-7H2,(H,17,20). The van der Waals surface area contributed by atoms with E-state index in [1.165, 1.54) is 4.57 Å². The zero-order valence-electron chi connectivity index (χ0n) is 10.5. The van der Waals surface area contributed by atoms with Crippen molar-refractivity contribution in [2.45, 2.75) is 19.4 Å². The van der Waals surface area contributed by atoms with E-state index in [2.05, 4.69) is 20.9 Å². The predicted molar refractivity (Wildman–Crippen MR) is 82.2 cm³/mol. The van der Waals surface area contributed by atoms with Crippen LogP contribution in [-0.2, 0) is 6.54 Å². The zero-order chi connectivity index (χ0) is 14.3. The molecular formula is C14H12BrClN2O2. The monoisotopic (exact) mass is 354 g/mol. The molecular weight excluding hydrogens is 344 g/mol. The quantitative estimate of drug-likeness (QED) is 0.861. The number of aromatic nitrogens is 2. The Hall–Kier alpha value is -1.33. The Morgan fingerprint density at radius 1 is 1.30 bits per heavy atom. The van der Waals surface area contributed by atoms with Crippen molar-refractivity contribution in [2.75, 3.05) is 0 Å². The minimum absolute atomic E-state index is 0.0824. The lowest BCUT2D eigenvalue weighted by Crippen LogP contribution is -2.36. The molecule has 4 nitrogen and oxygen atoms in total. The molecule has 0 aliphatic heterocycles. The van der Waals surface area contributed by atoms with Crippen molar-refractivity contribution < 1.29 is 0 Å². The SMILES string of the molecule is O=c1[nH]c(Cl)c(-c2ccccc2Br)c(=O)n1CC1CC1. The van der Waals surface area contributed by atoms with Gasteiger partial charge in [0.2, 0.25) is 0 Å². The Bertz CT molecular complexity index is 777. The van der Waals surface area contributed by atoms with Crippen LogP contribution in [0.1, 0.15) is 12.8 Å². The summed E-state index contributed by atoms with van der Waals surface area (Å²) in [5, 5.41) is 0.0824. The van der Waals surface area contributed by atoms with E-state index in [-0.39, 0.29) is 10.7 Å².